The van der Waals surface area contributed by atoms with Crippen molar-refractivity contribution in [2.75, 3.05) is 57.3 Å². The van der Waals surface area contributed by atoms with E-state index in [-0.39, 0.29) is 36.0 Å². The molecule has 1 N–H and O–H groups in total. The van der Waals surface area contributed by atoms with Crippen LogP contribution >= 0.6 is 11.6 Å². The van der Waals surface area contributed by atoms with Gasteiger partial charge in [0.15, 0.2) is 0 Å². The van der Waals surface area contributed by atoms with Crippen LogP contribution < -0.4 is 4.90 Å². The number of likely N-dealkylation sites (tertiary alicyclic amines) is 1. The van der Waals surface area contributed by atoms with Crippen molar-refractivity contribution in [2.45, 2.75) is 42.7 Å². The number of benzene rings is 2. The third-order valence-electron chi connectivity index (χ3n) is 9.02. The van der Waals surface area contributed by atoms with Crippen LogP contribution in [0.25, 0.3) is 10.8 Å². The third kappa shape index (κ3) is 6.43. The van der Waals surface area contributed by atoms with E-state index in [1.54, 1.807) is 24.3 Å². The number of carbonyl (C=O) groups excluding carboxylic acids is 1. The Labute approximate surface area is 252 Å². The van der Waals surface area contributed by atoms with Crippen LogP contribution in [0.1, 0.15) is 25.7 Å². The van der Waals surface area contributed by atoms with Gasteiger partial charge in [0.2, 0.25) is 15.9 Å². The number of hydrogen-bond donors (Lipinski definition) is 1. The fourth-order valence-electron chi connectivity index (χ4n) is 6.54. The molecule has 1 aromatic heterocycles. The minimum atomic E-state index is -3.89. The third-order valence-corrected chi connectivity index (χ3v) is 11.1. The number of sulfonamides is 1. The Kier molecular flexibility index (Phi) is 8.70. The standard InChI is InChI=1S/C31H38ClN5O4S/c32-26-3-1-25-18-30(4-2-24(25)17-26)42(40,41)36-21-28(20-34-13-9-29(38)10-14-34)37(31(39)22-36)19-23-7-15-35(16-8-23)27-5-11-33-12-6-27/h1-6,11-12,17-18,23,28-29,38H,7-10,13-16,19-22H2. The van der Waals surface area contributed by atoms with Gasteiger partial charge in [-0.05, 0) is 78.8 Å². The number of pyridine rings is 1. The Morgan fingerprint density at radius 1 is 0.881 bits per heavy atom. The lowest BCUT2D eigenvalue weighted by Gasteiger charge is -2.45. The summed E-state index contributed by atoms with van der Waals surface area (Å²) in [4.78, 5) is 24.6. The quantitative estimate of drug-likeness (QED) is 0.437. The molecule has 3 aliphatic rings. The Balaban J connectivity index is 1.19. The van der Waals surface area contributed by atoms with Crippen LogP contribution in [0.15, 0.2) is 65.8 Å². The van der Waals surface area contributed by atoms with Crippen molar-refractivity contribution in [1.82, 2.24) is 19.1 Å². The molecule has 0 spiro atoms. The Hall–Kier alpha value is -2.76. The van der Waals surface area contributed by atoms with E-state index in [2.05, 4.69) is 14.8 Å². The van der Waals surface area contributed by atoms with Crippen molar-refractivity contribution in [3.8, 4) is 0 Å². The summed E-state index contributed by atoms with van der Waals surface area (Å²) in [5, 5.41) is 12.3. The molecule has 3 fully saturated rings. The molecule has 0 aliphatic carbocycles. The van der Waals surface area contributed by atoms with Gasteiger partial charge in [0.25, 0.3) is 0 Å². The molecule has 3 saturated heterocycles. The van der Waals surface area contributed by atoms with Crippen LogP contribution in [0.5, 0.6) is 0 Å². The lowest BCUT2D eigenvalue weighted by atomic mass is 9.94. The first-order chi connectivity index (χ1) is 20.3. The number of aliphatic hydroxyl groups is 1. The summed E-state index contributed by atoms with van der Waals surface area (Å²) in [5.74, 6) is 0.212. The first kappa shape index (κ1) is 29.3. The number of nitrogens with zero attached hydrogens (tertiary/aromatic N) is 5. The minimum absolute atomic E-state index is 0.143. The number of amides is 1. The normalized spacial score (nSPS) is 22.2. The number of piperazine rings is 1. The smallest absolute Gasteiger partial charge is 0.243 e. The van der Waals surface area contributed by atoms with Crippen molar-refractivity contribution in [1.29, 1.82) is 0 Å². The number of anilines is 1. The van der Waals surface area contributed by atoms with E-state index >= 15 is 0 Å². The molecular weight excluding hydrogens is 574 g/mol. The fraction of sp³-hybridized carbons (Fsp3) is 0.484. The van der Waals surface area contributed by atoms with E-state index in [1.165, 1.54) is 9.99 Å². The van der Waals surface area contributed by atoms with Gasteiger partial charge in [-0.3, -0.25) is 9.78 Å². The number of hydrogen-bond acceptors (Lipinski definition) is 7. The summed E-state index contributed by atoms with van der Waals surface area (Å²) in [6.07, 6.45) is 6.65. The van der Waals surface area contributed by atoms with Gasteiger partial charge in [-0.25, -0.2) is 8.42 Å². The predicted octanol–water partition coefficient (Wildman–Crippen LogP) is 3.46. The van der Waals surface area contributed by atoms with Gasteiger partial charge in [-0.15, -0.1) is 0 Å². The zero-order chi connectivity index (χ0) is 29.3. The number of halogens is 1. The maximum atomic E-state index is 13.9. The van der Waals surface area contributed by atoms with Crippen molar-refractivity contribution in [3.63, 3.8) is 0 Å². The second-order valence-electron chi connectivity index (χ2n) is 11.8. The van der Waals surface area contributed by atoms with Crippen LogP contribution in [0, 0.1) is 5.92 Å². The summed E-state index contributed by atoms with van der Waals surface area (Å²) in [7, 11) is -3.89. The monoisotopic (exact) mass is 611 g/mol. The molecule has 3 aromatic rings. The van der Waals surface area contributed by atoms with Gasteiger partial charge in [0.1, 0.15) is 0 Å². The van der Waals surface area contributed by atoms with Gasteiger partial charge in [0, 0.05) is 68.9 Å². The SMILES string of the molecule is O=C1CN(S(=O)(=O)c2ccc3cc(Cl)ccc3c2)CC(CN2CCC(O)CC2)N1CC1CCN(c2ccncc2)CC1. The highest BCUT2D eigenvalue weighted by Crippen LogP contribution is 2.29. The van der Waals surface area contributed by atoms with Gasteiger partial charge >= 0.3 is 0 Å². The van der Waals surface area contributed by atoms with Crippen LogP contribution in [-0.2, 0) is 14.8 Å². The van der Waals surface area contributed by atoms with Crippen LogP contribution in [-0.4, -0.2) is 103 Å². The highest BCUT2D eigenvalue weighted by atomic mass is 35.5. The van der Waals surface area contributed by atoms with Crippen molar-refractivity contribution in [3.05, 3.63) is 65.9 Å². The van der Waals surface area contributed by atoms with Gasteiger partial charge < -0.3 is 19.8 Å². The molecule has 0 bridgehead atoms. The molecule has 6 rings (SSSR count). The second kappa shape index (κ2) is 12.5. The highest BCUT2D eigenvalue weighted by Gasteiger charge is 2.40. The van der Waals surface area contributed by atoms with Crippen molar-refractivity contribution in [2.24, 2.45) is 5.92 Å². The van der Waals surface area contributed by atoms with Crippen molar-refractivity contribution >= 4 is 44.0 Å². The summed E-state index contributed by atoms with van der Waals surface area (Å²) < 4.78 is 29.1. The lowest BCUT2D eigenvalue weighted by Crippen LogP contribution is -2.62. The molecular formula is C31H38ClN5O4S. The molecule has 42 heavy (non-hydrogen) atoms. The number of aromatic nitrogens is 1. The number of fused-ring (bicyclic) bond motifs is 1. The average Bonchev–Trinajstić information content (AvgIpc) is 3.00. The molecule has 1 amide bonds. The maximum Gasteiger partial charge on any atom is 0.243 e. The highest BCUT2D eigenvalue weighted by molar-refractivity contribution is 7.89. The summed E-state index contributed by atoms with van der Waals surface area (Å²) >= 11 is 6.12. The zero-order valence-electron chi connectivity index (χ0n) is 23.7. The number of piperidine rings is 2. The molecule has 4 heterocycles. The Bertz CT molecular complexity index is 1510. The number of aliphatic hydroxyl groups excluding tert-OH is 1. The zero-order valence-corrected chi connectivity index (χ0v) is 25.3. The van der Waals surface area contributed by atoms with Crippen LogP contribution in [0.3, 0.4) is 0 Å². The molecule has 0 radical (unpaired) electrons. The molecule has 1 unspecified atom stereocenters. The van der Waals surface area contributed by atoms with E-state index in [1.807, 2.05) is 41.6 Å². The Morgan fingerprint density at radius 2 is 1.57 bits per heavy atom. The fourth-order valence-corrected chi connectivity index (χ4v) is 8.19. The van der Waals surface area contributed by atoms with Gasteiger partial charge in [-0.2, -0.15) is 4.31 Å². The second-order valence-corrected chi connectivity index (χ2v) is 14.2. The van der Waals surface area contributed by atoms with E-state index < -0.39 is 10.0 Å². The van der Waals surface area contributed by atoms with E-state index in [4.69, 9.17) is 11.6 Å². The van der Waals surface area contributed by atoms with E-state index in [9.17, 15) is 18.3 Å². The summed E-state index contributed by atoms with van der Waals surface area (Å²) in [6.45, 7) is 4.63. The number of carbonyl (C=O) groups is 1. The van der Waals surface area contributed by atoms with Crippen LogP contribution in [0.2, 0.25) is 5.02 Å². The van der Waals surface area contributed by atoms with Gasteiger partial charge in [-0.1, -0.05) is 23.7 Å². The molecule has 3 aliphatic heterocycles. The van der Waals surface area contributed by atoms with E-state index in [0.717, 1.165) is 49.8 Å². The predicted molar refractivity (Wildman–Crippen MR) is 164 cm³/mol. The Morgan fingerprint density at radius 3 is 2.31 bits per heavy atom. The van der Waals surface area contributed by atoms with Gasteiger partial charge in [0.05, 0.1) is 23.6 Å². The minimum Gasteiger partial charge on any atom is -0.393 e. The number of rotatable bonds is 7. The molecule has 0 saturated carbocycles. The van der Waals surface area contributed by atoms with E-state index in [0.29, 0.717) is 36.9 Å². The van der Waals surface area contributed by atoms with Crippen molar-refractivity contribution < 1.29 is 18.3 Å². The topological polar surface area (TPSA) is 97.3 Å². The first-order valence-electron chi connectivity index (χ1n) is 14.8. The lowest BCUT2D eigenvalue weighted by molar-refractivity contribution is -0.139. The maximum absolute atomic E-state index is 13.9. The molecule has 2 aromatic carbocycles. The molecule has 11 heteroatoms. The van der Waals surface area contributed by atoms with Crippen LogP contribution in [0.4, 0.5) is 5.69 Å². The largest absolute Gasteiger partial charge is 0.393 e. The first-order valence-corrected chi connectivity index (χ1v) is 16.6. The summed E-state index contributed by atoms with van der Waals surface area (Å²) in [6, 6.07) is 14.2. The average molecular weight is 612 g/mol. The molecule has 1 atom stereocenters. The molecule has 224 valence electrons. The summed E-state index contributed by atoms with van der Waals surface area (Å²) in [5.41, 5.74) is 1.17. The molecule has 9 nitrogen and oxygen atoms in total.